The van der Waals surface area contributed by atoms with Gasteiger partial charge in [0, 0.05) is 0 Å². The van der Waals surface area contributed by atoms with Gasteiger partial charge in [0.1, 0.15) is 5.25 Å². The number of allylic oxidation sites excluding steroid dienone is 1. The first kappa shape index (κ1) is 18.7. The fourth-order valence-corrected chi connectivity index (χ4v) is 8.78. The van der Waals surface area contributed by atoms with E-state index < -0.39 is 9.84 Å². The number of fused-ring (bicyclic) bond motifs is 1. The maximum atomic E-state index is 12.9. The van der Waals surface area contributed by atoms with Crippen molar-refractivity contribution < 1.29 is 13.5 Å². The molecular formula is C22H34O3S. The van der Waals surface area contributed by atoms with Gasteiger partial charge in [-0.3, -0.25) is 0 Å². The molecule has 3 nitrogen and oxygen atoms in total. The first-order chi connectivity index (χ1) is 12.2. The van der Waals surface area contributed by atoms with Crippen LogP contribution in [0.4, 0.5) is 0 Å². The minimum Gasteiger partial charge on any atom is -0.393 e. The Hall–Kier alpha value is -0.610. The molecule has 4 rings (SSSR count). The lowest BCUT2D eigenvalue weighted by molar-refractivity contribution is 0.0301. The van der Waals surface area contributed by atoms with Crippen molar-refractivity contribution in [1.29, 1.82) is 0 Å². The fourth-order valence-electron chi connectivity index (χ4n) is 6.71. The van der Waals surface area contributed by atoms with Gasteiger partial charge in [0.25, 0.3) is 0 Å². The quantitative estimate of drug-likeness (QED) is 0.724. The minimum absolute atomic E-state index is 0.137. The van der Waals surface area contributed by atoms with E-state index in [1.54, 1.807) is 0 Å². The molecule has 4 aliphatic rings. The summed E-state index contributed by atoms with van der Waals surface area (Å²) in [6, 6.07) is 0. The zero-order chi connectivity index (χ0) is 18.7. The van der Waals surface area contributed by atoms with E-state index in [0.29, 0.717) is 23.5 Å². The molecule has 0 aromatic heterocycles. The predicted octanol–water partition coefficient (Wildman–Crippen LogP) is 4.42. The topological polar surface area (TPSA) is 54.4 Å². The maximum absolute atomic E-state index is 12.9. The molecule has 0 saturated heterocycles. The normalized spacial score (nSPS) is 44.8. The molecule has 0 aromatic rings. The number of sulfone groups is 1. The van der Waals surface area contributed by atoms with E-state index >= 15 is 0 Å². The summed E-state index contributed by atoms with van der Waals surface area (Å²) in [5.41, 5.74) is 3.96. The molecular weight excluding hydrogens is 344 g/mol. The van der Waals surface area contributed by atoms with Gasteiger partial charge in [-0.1, -0.05) is 31.1 Å². The molecule has 4 heteroatoms. The van der Waals surface area contributed by atoms with Gasteiger partial charge in [-0.25, -0.2) is 8.42 Å². The van der Waals surface area contributed by atoms with E-state index in [-0.39, 0.29) is 16.8 Å². The van der Waals surface area contributed by atoms with Crippen LogP contribution in [-0.4, -0.2) is 30.6 Å². The molecule has 6 atom stereocenters. The van der Waals surface area contributed by atoms with Gasteiger partial charge >= 0.3 is 0 Å². The summed E-state index contributed by atoms with van der Waals surface area (Å²) < 4.78 is 25.9. The second-order valence-electron chi connectivity index (χ2n) is 9.78. The fraction of sp³-hybridized carbons (Fsp3) is 0.818. The highest BCUT2D eigenvalue weighted by Gasteiger charge is 2.51. The molecule has 26 heavy (non-hydrogen) atoms. The molecule has 1 unspecified atom stereocenters. The van der Waals surface area contributed by atoms with Gasteiger partial charge in [-0.05, 0) is 87.0 Å². The SMILES string of the molecule is C[C@H]1CCC2=C(C1)C(/C=C1\CCC[C@]3(C)[C@@H]([C@H](C)O)CC[C@@H]13)S(=O)(=O)C2. The van der Waals surface area contributed by atoms with Crippen LogP contribution in [-0.2, 0) is 9.84 Å². The first-order valence-corrected chi connectivity index (χ1v) is 12.2. The molecule has 2 saturated carbocycles. The van der Waals surface area contributed by atoms with Crippen LogP contribution < -0.4 is 0 Å². The molecule has 146 valence electrons. The summed E-state index contributed by atoms with van der Waals surface area (Å²) in [7, 11) is -3.07. The molecule has 0 bridgehead atoms. The third-order valence-corrected chi connectivity index (χ3v) is 10.00. The minimum atomic E-state index is -3.07. The molecule has 3 aliphatic carbocycles. The lowest BCUT2D eigenvalue weighted by Crippen LogP contribution is -2.38. The molecule has 1 aliphatic heterocycles. The summed E-state index contributed by atoms with van der Waals surface area (Å²) in [6.45, 7) is 6.52. The van der Waals surface area contributed by atoms with Crippen molar-refractivity contribution >= 4 is 9.84 Å². The second-order valence-corrected chi connectivity index (χ2v) is 11.9. The van der Waals surface area contributed by atoms with Crippen LogP contribution in [0.15, 0.2) is 22.8 Å². The first-order valence-electron chi connectivity index (χ1n) is 10.5. The van der Waals surface area contributed by atoms with E-state index in [1.165, 1.54) is 16.7 Å². The van der Waals surface area contributed by atoms with Crippen molar-refractivity contribution in [2.75, 3.05) is 5.75 Å². The maximum Gasteiger partial charge on any atom is 0.164 e. The summed E-state index contributed by atoms with van der Waals surface area (Å²) in [6.07, 6.45) is 10.5. The Labute approximate surface area is 158 Å². The summed E-state index contributed by atoms with van der Waals surface area (Å²) in [5.74, 6) is 1.70. The Morgan fingerprint density at radius 3 is 2.73 bits per heavy atom. The van der Waals surface area contributed by atoms with Gasteiger partial charge in [-0.15, -0.1) is 0 Å². The summed E-state index contributed by atoms with van der Waals surface area (Å²) in [5, 5.41) is 9.91. The van der Waals surface area contributed by atoms with Gasteiger partial charge < -0.3 is 5.11 Å². The molecule has 1 N–H and O–H groups in total. The van der Waals surface area contributed by atoms with E-state index in [0.717, 1.165) is 51.4 Å². The monoisotopic (exact) mass is 378 g/mol. The molecule has 2 fully saturated rings. The van der Waals surface area contributed by atoms with Crippen molar-refractivity contribution in [3.63, 3.8) is 0 Å². The van der Waals surface area contributed by atoms with Crippen molar-refractivity contribution in [3.8, 4) is 0 Å². The van der Waals surface area contributed by atoms with E-state index in [1.807, 2.05) is 6.92 Å². The number of aliphatic hydroxyl groups excluding tert-OH is 1. The lowest BCUT2D eigenvalue weighted by atomic mass is 9.62. The van der Waals surface area contributed by atoms with Crippen LogP contribution in [0.25, 0.3) is 0 Å². The second kappa shape index (κ2) is 6.48. The van der Waals surface area contributed by atoms with Crippen LogP contribution in [0.1, 0.15) is 72.1 Å². The summed E-state index contributed by atoms with van der Waals surface area (Å²) in [4.78, 5) is 0. The molecule has 1 heterocycles. The van der Waals surface area contributed by atoms with Gasteiger partial charge in [-0.2, -0.15) is 0 Å². The van der Waals surface area contributed by atoms with Crippen LogP contribution in [0.2, 0.25) is 0 Å². The van der Waals surface area contributed by atoms with Gasteiger partial charge in [0.05, 0.1) is 11.9 Å². The zero-order valence-corrected chi connectivity index (χ0v) is 17.3. The van der Waals surface area contributed by atoms with E-state index in [4.69, 9.17) is 0 Å². The third-order valence-electron chi connectivity index (χ3n) is 8.05. The molecule has 0 radical (unpaired) electrons. The highest BCUT2D eigenvalue weighted by molar-refractivity contribution is 7.92. The van der Waals surface area contributed by atoms with Crippen molar-refractivity contribution in [3.05, 3.63) is 22.8 Å². The van der Waals surface area contributed by atoms with Crippen LogP contribution >= 0.6 is 0 Å². The number of aliphatic hydroxyl groups is 1. The highest BCUT2D eigenvalue weighted by atomic mass is 32.2. The van der Waals surface area contributed by atoms with Crippen LogP contribution in [0, 0.1) is 23.2 Å². The molecule has 0 spiro atoms. The highest BCUT2D eigenvalue weighted by Crippen LogP contribution is 2.58. The Morgan fingerprint density at radius 1 is 1.23 bits per heavy atom. The Bertz CT molecular complexity index is 745. The van der Waals surface area contributed by atoms with Crippen molar-refractivity contribution in [1.82, 2.24) is 0 Å². The van der Waals surface area contributed by atoms with Crippen LogP contribution in [0.3, 0.4) is 0 Å². The smallest absolute Gasteiger partial charge is 0.164 e. The average Bonchev–Trinajstić information content (AvgIpc) is 3.02. The van der Waals surface area contributed by atoms with Crippen molar-refractivity contribution in [2.24, 2.45) is 23.2 Å². The van der Waals surface area contributed by atoms with Gasteiger partial charge in [0.2, 0.25) is 0 Å². The predicted molar refractivity (Wildman–Crippen MR) is 106 cm³/mol. The Kier molecular flexibility index (Phi) is 4.67. The Balaban J connectivity index is 1.68. The number of hydrogen-bond acceptors (Lipinski definition) is 3. The van der Waals surface area contributed by atoms with E-state index in [9.17, 15) is 13.5 Å². The summed E-state index contributed by atoms with van der Waals surface area (Å²) >= 11 is 0. The number of rotatable bonds is 2. The lowest BCUT2D eigenvalue weighted by Gasteiger charge is -2.43. The largest absolute Gasteiger partial charge is 0.393 e. The van der Waals surface area contributed by atoms with Crippen LogP contribution in [0.5, 0.6) is 0 Å². The van der Waals surface area contributed by atoms with Gasteiger partial charge in [0.15, 0.2) is 9.84 Å². The molecule has 0 amide bonds. The van der Waals surface area contributed by atoms with Crippen molar-refractivity contribution in [2.45, 2.75) is 83.5 Å². The zero-order valence-electron chi connectivity index (χ0n) is 16.5. The standard InChI is InChI=1S/C22H34O3S/c1-14-6-7-17-13-26(24,25)21(18(17)11-14)12-16-5-4-10-22(3)19(15(2)23)8-9-20(16)22/h12,14-15,19-21,23H,4-11,13H2,1-3H3/b16-12+/t14-,15-,19+,20-,21?,22+/m0/s1. The Morgan fingerprint density at radius 2 is 2.00 bits per heavy atom. The number of hydrogen-bond donors (Lipinski definition) is 1. The van der Waals surface area contributed by atoms with E-state index in [2.05, 4.69) is 19.9 Å². The molecule has 0 aromatic carbocycles. The average molecular weight is 379 g/mol. The third kappa shape index (κ3) is 2.92.